The number of hydrogen-bond acceptors (Lipinski definition) is 3. The van der Waals surface area contributed by atoms with Gasteiger partial charge in [-0.3, -0.25) is 0 Å². The van der Waals surface area contributed by atoms with Gasteiger partial charge in [0, 0.05) is 15.7 Å². The van der Waals surface area contributed by atoms with Gasteiger partial charge in [0.1, 0.15) is 0 Å². The molecular formula is C14H18BrFN2OS. The largest absolute Gasteiger partial charge is 0.409 e. The van der Waals surface area contributed by atoms with Gasteiger partial charge in [-0.2, -0.15) is 0 Å². The van der Waals surface area contributed by atoms with Gasteiger partial charge in [-0.15, -0.1) is 11.8 Å². The van der Waals surface area contributed by atoms with E-state index in [9.17, 15) is 4.39 Å². The van der Waals surface area contributed by atoms with Crippen molar-refractivity contribution in [2.45, 2.75) is 42.8 Å². The molecule has 0 radical (unpaired) electrons. The van der Waals surface area contributed by atoms with Crippen molar-refractivity contribution in [1.82, 2.24) is 0 Å². The van der Waals surface area contributed by atoms with Gasteiger partial charge in [0.2, 0.25) is 0 Å². The summed E-state index contributed by atoms with van der Waals surface area (Å²) in [5, 5.41) is 12.1. The summed E-state index contributed by atoms with van der Waals surface area (Å²) < 4.78 is 14.6. The van der Waals surface area contributed by atoms with Gasteiger partial charge in [-0.25, -0.2) is 4.39 Å². The van der Waals surface area contributed by atoms with Crippen molar-refractivity contribution in [2.75, 3.05) is 0 Å². The molecule has 2 atom stereocenters. The third-order valence-corrected chi connectivity index (χ3v) is 5.72. The molecule has 3 nitrogen and oxygen atoms in total. The van der Waals surface area contributed by atoms with Gasteiger partial charge >= 0.3 is 0 Å². The summed E-state index contributed by atoms with van der Waals surface area (Å²) in [7, 11) is 0. The predicted molar refractivity (Wildman–Crippen MR) is 83.9 cm³/mol. The van der Waals surface area contributed by atoms with E-state index in [0.29, 0.717) is 21.6 Å². The summed E-state index contributed by atoms with van der Waals surface area (Å²) in [6.45, 7) is 2.25. The quantitative estimate of drug-likeness (QED) is 0.364. The van der Waals surface area contributed by atoms with Crippen LogP contribution in [-0.2, 0) is 0 Å². The highest BCUT2D eigenvalue weighted by atomic mass is 79.9. The Kier molecular flexibility index (Phi) is 5.32. The van der Waals surface area contributed by atoms with E-state index in [0.717, 1.165) is 12.8 Å². The standard InChI is InChI=1S/C14H18BrFN2OS/c1-8-3-2-4-9(7-8)20-11-6-5-10(14(17)18-19)12(15)13(11)16/h5-6,8-9,19H,2-4,7H2,1H3,(H2,17,18). The number of nitrogens with zero attached hydrogens (tertiary/aromatic N) is 1. The van der Waals surface area contributed by atoms with Crippen molar-refractivity contribution in [2.24, 2.45) is 16.8 Å². The first-order valence-corrected chi connectivity index (χ1v) is 8.32. The zero-order chi connectivity index (χ0) is 14.7. The van der Waals surface area contributed by atoms with Gasteiger partial charge in [0.25, 0.3) is 0 Å². The second-order valence-electron chi connectivity index (χ2n) is 5.24. The Morgan fingerprint density at radius 3 is 2.90 bits per heavy atom. The lowest BCUT2D eigenvalue weighted by atomic mass is 9.91. The summed E-state index contributed by atoms with van der Waals surface area (Å²) in [4.78, 5) is 0.616. The van der Waals surface area contributed by atoms with Crippen LogP contribution in [0.25, 0.3) is 0 Å². The smallest absolute Gasteiger partial charge is 0.171 e. The molecule has 0 bridgehead atoms. The first-order chi connectivity index (χ1) is 9.52. The summed E-state index contributed by atoms with van der Waals surface area (Å²) in [6.07, 6.45) is 4.74. The van der Waals surface area contributed by atoms with Crippen LogP contribution in [0.15, 0.2) is 26.7 Å². The van der Waals surface area contributed by atoms with Gasteiger partial charge < -0.3 is 10.9 Å². The van der Waals surface area contributed by atoms with E-state index in [4.69, 9.17) is 10.9 Å². The van der Waals surface area contributed by atoms with E-state index < -0.39 is 0 Å². The highest BCUT2D eigenvalue weighted by Crippen LogP contribution is 2.39. The van der Waals surface area contributed by atoms with Crippen molar-refractivity contribution < 1.29 is 9.60 Å². The number of halogens is 2. The fourth-order valence-electron chi connectivity index (χ4n) is 2.54. The van der Waals surface area contributed by atoms with Crippen molar-refractivity contribution in [3.8, 4) is 0 Å². The van der Waals surface area contributed by atoms with Gasteiger partial charge in [0.05, 0.1) is 4.47 Å². The molecule has 2 unspecified atom stereocenters. The predicted octanol–water partition coefficient (Wildman–Crippen LogP) is 4.35. The van der Waals surface area contributed by atoms with Crippen LogP contribution in [0.1, 0.15) is 38.2 Å². The molecule has 0 spiro atoms. The molecule has 0 heterocycles. The zero-order valence-electron chi connectivity index (χ0n) is 11.3. The van der Waals surface area contributed by atoms with Crippen LogP contribution in [-0.4, -0.2) is 16.3 Å². The molecule has 0 amide bonds. The molecule has 1 aliphatic carbocycles. The van der Waals surface area contributed by atoms with Gasteiger partial charge in [-0.05, 0) is 46.8 Å². The molecule has 110 valence electrons. The number of oxime groups is 1. The second kappa shape index (κ2) is 6.80. The van der Waals surface area contributed by atoms with E-state index in [2.05, 4.69) is 28.0 Å². The lowest BCUT2D eigenvalue weighted by molar-refractivity contribution is 0.318. The van der Waals surface area contributed by atoms with Crippen LogP contribution in [0.2, 0.25) is 0 Å². The van der Waals surface area contributed by atoms with Crippen LogP contribution in [0, 0.1) is 11.7 Å². The molecule has 0 aromatic heterocycles. The van der Waals surface area contributed by atoms with Crippen molar-refractivity contribution in [3.05, 3.63) is 28.0 Å². The number of thioether (sulfide) groups is 1. The minimum Gasteiger partial charge on any atom is -0.409 e. The Morgan fingerprint density at radius 2 is 2.25 bits per heavy atom. The molecule has 20 heavy (non-hydrogen) atoms. The molecule has 0 aliphatic heterocycles. The molecule has 3 N–H and O–H groups in total. The topological polar surface area (TPSA) is 58.6 Å². The van der Waals surface area contributed by atoms with E-state index in [1.54, 1.807) is 23.9 Å². The van der Waals surface area contributed by atoms with Gasteiger partial charge in [0.15, 0.2) is 11.7 Å². The average molecular weight is 361 g/mol. The van der Waals surface area contributed by atoms with E-state index >= 15 is 0 Å². The minimum absolute atomic E-state index is 0.0985. The highest BCUT2D eigenvalue weighted by molar-refractivity contribution is 9.10. The third kappa shape index (κ3) is 3.47. The van der Waals surface area contributed by atoms with E-state index in [1.807, 2.05) is 0 Å². The maximum Gasteiger partial charge on any atom is 0.171 e. The summed E-state index contributed by atoms with van der Waals surface area (Å²) in [6, 6.07) is 3.38. The molecule has 1 aromatic rings. The number of nitrogens with two attached hydrogens (primary N) is 1. The normalized spacial score (nSPS) is 23.9. The molecule has 1 aromatic carbocycles. The number of benzene rings is 1. The zero-order valence-corrected chi connectivity index (χ0v) is 13.7. The Hall–Kier alpha value is -0.750. The maximum absolute atomic E-state index is 14.4. The highest BCUT2D eigenvalue weighted by Gasteiger charge is 2.22. The molecule has 2 rings (SSSR count). The fourth-order valence-corrected chi connectivity index (χ4v) is 4.64. The first kappa shape index (κ1) is 15.6. The van der Waals surface area contributed by atoms with Crippen LogP contribution >= 0.6 is 27.7 Å². The molecule has 6 heteroatoms. The number of amidine groups is 1. The molecule has 1 aliphatic rings. The van der Waals surface area contributed by atoms with Crippen molar-refractivity contribution in [3.63, 3.8) is 0 Å². The second-order valence-corrected chi connectivity index (χ2v) is 7.37. The van der Waals surface area contributed by atoms with Crippen molar-refractivity contribution >= 4 is 33.5 Å². The SMILES string of the molecule is CC1CCCC(Sc2ccc(/C(N)=N/O)c(Br)c2F)C1. The van der Waals surface area contributed by atoms with Crippen LogP contribution in [0.3, 0.4) is 0 Å². The fraction of sp³-hybridized carbons (Fsp3) is 0.500. The minimum atomic E-state index is -0.336. The molecule has 1 fully saturated rings. The monoisotopic (exact) mass is 360 g/mol. The molecule has 0 saturated heterocycles. The summed E-state index contributed by atoms with van der Waals surface area (Å²) in [5.41, 5.74) is 5.88. The lowest BCUT2D eigenvalue weighted by Gasteiger charge is -2.26. The first-order valence-electron chi connectivity index (χ1n) is 6.65. The maximum atomic E-state index is 14.4. The number of rotatable bonds is 3. The Balaban J connectivity index is 2.19. The number of hydrogen-bond donors (Lipinski definition) is 2. The Morgan fingerprint density at radius 1 is 1.50 bits per heavy atom. The molecule has 1 saturated carbocycles. The lowest BCUT2D eigenvalue weighted by Crippen LogP contribution is -2.16. The third-order valence-electron chi connectivity index (χ3n) is 3.61. The van der Waals surface area contributed by atoms with Crippen LogP contribution in [0.4, 0.5) is 4.39 Å². The van der Waals surface area contributed by atoms with E-state index in [1.165, 1.54) is 12.8 Å². The Bertz CT molecular complexity index is 524. The van der Waals surface area contributed by atoms with Crippen LogP contribution in [0.5, 0.6) is 0 Å². The summed E-state index contributed by atoms with van der Waals surface area (Å²) >= 11 is 4.78. The average Bonchev–Trinajstić information content (AvgIpc) is 2.43. The van der Waals surface area contributed by atoms with E-state index in [-0.39, 0.29) is 16.1 Å². The Labute approximate surface area is 130 Å². The van der Waals surface area contributed by atoms with Crippen LogP contribution < -0.4 is 5.73 Å². The summed E-state index contributed by atoms with van der Waals surface area (Å²) in [5.74, 6) is 0.278. The van der Waals surface area contributed by atoms with Crippen molar-refractivity contribution in [1.29, 1.82) is 0 Å². The molecular weight excluding hydrogens is 343 g/mol. The van der Waals surface area contributed by atoms with Gasteiger partial charge in [-0.1, -0.05) is 24.9 Å².